The van der Waals surface area contributed by atoms with Crippen molar-refractivity contribution in [3.05, 3.63) is 62.7 Å². The van der Waals surface area contributed by atoms with E-state index in [1.165, 1.54) is 18.2 Å². The largest absolute Gasteiger partial charge is 0.345 e. The van der Waals surface area contributed by atoms with Crippen molar-refractivity contribution >= 4 is 49.9 Å². The zero-order valence-electron chi connectivity index (χ0n) is 15.1. The maximum Gasteiger partial charge on any atom is 0.282 e. The highest BCUT2D eigenvalue weighted by atomic mass is 35.5. The number of carbonyl (C=O) groups excluding carboxylic acids is 1. The van der Waals surface area contributed by atoms with Gasteiger partial charge < -0.3 is 9.80 Å². The lowest BCUT2D eigenvalue weighted by Crippen LogP contribution is -2.48. The van der Waals surface area contributed by atoms with Gasteiger partial charge in [-0.2, -0.15) is 0 Å². The Morgan fingerprint density at radius 1 is 1.21 bits per heavy atom. The number of para-hydroxylation sites is 1. The van der Waals surface area contributed by atoms with Crippen LogP contribution in [0.2, 0.25) is 5.02 Å². The minimum absolute atomic E-state index is 0.0292. The van der Waals surface area contributed by atoms with Gasteiger partial charge in [0.25, 0.3) is 11.6 Å². The number of hydrogen-bond donors (Lipinski definition) is 0. The van der Waals surface area contributed by atoms with E-state index in [0.29, 0.717) is 31.2 Å². The predicted octanol–water partition coefficient (Wildman–Crippen LogP) is 4.13. The third kappa shape index (κ3) is 3.41. The van der Waals surface area contributed by atoms with Crippen LogP contribution >= 0.6 is 22.9 Å². The number of aromatic nitrogens is 1. The second-order valence-electron chi connectivity index (χ2n) is 6.62. The standard InChI is InChI=1S/C19H17ClN4O3S/c1-12-3-2-4-16-17(12)21-19(28-16)23-9-7-22(8-10-23)18(25)14-11-13(20)5-6-15(14)24(26)27/h2-6,11H,7-10H2,1H3. The normalized spacial score (nSPS) is 14.5. The highest BCUT2D eigenvalue weighted by Crippen LogP contribution is 2.31. The number of hydrogen-bond acceptors (Lipinski definition) is 6. The lowest BCUT2D eigenvalue weighted by atomic mass is 10.1. The maximum atomic E-state index is 12.8. The molecule has 0 atom stereocenters. The summed E-state index contributed by atoms with van der Waals surface area (Å²) in [6.07, 6.45) is 0. The number of thiazole rings is 1. The van der Waals surface area contributed by atoms with Crippen molar-refractivity contribution in [2.45, 2.75) is 6.92 Å². The van der Waals surface area contributed by atoms with Gasteiger partial charge in [-0.1, -0.05) is 35.1 Å². The van der Waals surface area contributed by atoms with Gasteiger partial charge in [-0.05, 0) is 30.7 Å². The van der Waals surface area contributed by atoms with Crippen LogP contribution in [-0.2, 0) is 0 Å². The lowest BCUT2D eigenvalue weighted by molar-refractivity contribution is -0.385. The first-order valence-corrected chi connectivity index (χ1v) is 9.98. The summed E-state index contributed by atoms with van der Waals surface area (Å²) in [5.74, 6) is -0.367. The Balaban J connectivity index is 1.51. The van der Waals surface area contributed by atoms with E-state index in [9.17, 15) is 14.9 Å². The molecule has 0 spiro atoms. The van der Waals surface area contributed by atoms with Gasteiger partial charge in [0, 0.05) is 37.3 Å². The summed E-state index contributed by atoms with van der Waals surface area (Å²) < 4.78 is 1.14. The molecule has 0 N–H and O–H groups in total. The van der Waals surface area contributed by atoms with Crippen molar-refractivity contribution in [1.29, 1.82) is 0 Å². The van der Waals surface area contributed by atoms with Crippen molar-refractivity contribution in [3.63, 3.8) is 0 Å². The van der Waals surface area contributed by atoms with Crippen LogP contribution in [0.15, 0.2) is 36.4 Å². The van der Waals surface area contributed by atoms with Gasteiger partial charge in [0.2, 0.25) is 0 Å². The zero-order chi connectivity index (χ0) is 19.8. The topological polar surface area (TPSA) is 79.6 Å². The van der Waals surface area contributed by atoms with Gasteiger partial charge in [-0.25, -0.2) is 4.98 Å². The number of rotatable bonds is 3. The van der Waals surface area contributed by atoms with Crippen molar-refractivity contribution in [1.82, 2.24) is 9.88 Å². The summed E-state index contributed by atoms with van der Waals surface area (Å²) in [5, 5.41) is 12.5. The number of nitro groups is 1. The second-order valence-corrected chi connectivity index (χ2v) is 8.06. The van der Waals surface area contributed by atoms with E-state index in [-0.39, 0.29) is 17.2 Å². The molecule has 1 aliphatic rings. The molecule has 4 rings (SSSR count). The van der Waals surface area contributed by atoms with Crippen LogP contribution in [0.1, 0.15) is 15.9 Å². The molecule has 0 saturated carbocycles. The van der Waals surface area contributed by atoms with E-state index in [0.717, 1.165) is 20.9 Å². The molecular weight excluding hydrogens is 400 g/mol. The smallest absolute Gasteiger partial charge is 0.282 e. The van der Waals surface area contributed by atoms with Gasteiger partial charge in [-0.15, -0.1) is 0 Å². The van der Waals surface area contributed by atoms with Crippen molar-refractivity contribution < 1.29 is 9.72 Å². The summed E-state index contributed by atoms with van der Waals surface area (Å²) in [7, 11) is 0. The number of amides is 1. The fraction of sp³-hybridized carbons (Fsp3) is 0.263. The Labute approximate surface area is 170 Å². The number of piperazine rings is 1. The molecule has 28 heavy (non-hydrogen) atoms. The molecule has 1 saturated heterocycles. The Bertz CT molecular complexity index is 1080. The van der Waals surface area contributed by atoms with E-state index in [4.69, 9.17) is 16.6 Å². The first-order valence-electron chi connectivity index (χ1n) is 8.78. The monoisotopic (exact) mass is 416 g/mol. The molecule has 144 valence electrons. The van der Waals surface area contributed by atoms with Gasteiger partial charge >= 0.3 is 0 Å². The molecule has 0 radical (unpaired) electrons. The SMILES string of the molecule is Cc1cccc2sc(N3CCN(C(=O)c4cc(Cl)ccc4[N+](=O)[O-])CC3)nc12. The Kier molecular flexibility index (Phi) is 4.91. The summed E-state index contributed by atoms with van der Waals surface area (Å²) in [5.41, 5.74) is 1.96. The Morgan fingerprint density at radius 2 is 1.96 bits per heavy atom. The second kappa shape index (κ2) is 7.37. The molecule has 3 aromatic rings. The van der Waals surface area contributed by atoms with Crippen molar-refractivity contribution in [2.24, 2.45) is 0 Å². The molecule has 1 fully saturated rings. The number of fused-ring (bicyclic) bond motifs is 1. The number of nitro benzene ring substituents is 1. The number of halogens is 1. The zero-order valence-corrected chi connectivity index (χ0v) is 16.7. The summed E-state index contributed by atoms with van der Waals surface area (Å²) in [4.78, 5) is 32.1. The third-order valence-corrected chi connectivity index (χ3v) is 6.15. The minimum atomic E-state index is -0.552. The van der Waals surface area contributed by atoms with Gasteiger partial charge in [-0.3, -0.25) is 14.9 Å². The van der Waals surface area contributed by atoms with E-state index < -0.39 is 4.92 Å². The highest BCUT2D eigenvalue weighted by molar-refractivity contribution is 7.22. The van der Waals surface area contributed by atoms with E-state index in [2.05, 4.69) is 11.0 Å². The highest BCUT2D eigenvalue weighted by Gasteiger charge is 2.28. The molecule has 0 unspecified atom stereocenters. The number of benzene rings is 2. The van der Waals surface area contributed by atoms with Crippen molar-refractivity contribution in [2.75, 3.05) is 31.1 Å². The van der Waals surface area contributed by atoms with E-state index in [1.807, 2.05) is 19.1 Å². The fourth-order valence-corrected chi connectivity index (χ4v) is 4.59. The maximum absolute atomic E-state index is 12.8. The third-order valence-electron chi connectivity index (χ3n) is 4.83. The van der Waals surface area contributed by atoms with Crippen LogP contribution in [0.4, 0.5) is 10.8 Å². The van der Waals surface area contributed by atoms with Crippen LogP contribution < -0.4 is 4.90 Å². The van der Waals surface area contributed by atoms with E-state index >= 15 is 0 Å². The average Bonchev–Trinajstić information content (AvgIpc) is 3.13. The van der Waals surface area contributed by atoms with Gasteiger partial charge in [0.15, 0.2) is 5.13 Å². The average molecular weight is 417 g/mol. The fourth-order valence-electron chi connectivity index (χ4n) is 3.32. The van der Waals surface area contributed by atoms with Crippen LogP contribution in [0.5, 0.6) is 0 Å². The Morgan fingerprint density at radius 3 is 2.64 bits per heavy atom. The van der Waals surface area contributed by atoms with Crippen molar-refractivity contribution in [3.8, 4) is 0 Å². The quantitative estimate of drug-likeness (QED) is 0.473. The molecule has 1 amide bonds. The molecule has 0 bridgehead atoms. The van der Waals surface area contributed by atoms with Crippen LogP contribution in [-0.4, -0.2) is 46.9 Å². The molecule has 0 aliphatic carbocycles. The number of carbonyl (C=O) groups is 1. The van der Waals surface area contributed by atoms with Crippen LogP contribution in [0.3, 0.4) is 0 Å². The molecule has 7 nitrogen and oxygen atoms in total. The summed E-state index contributed by atoms with van der Waals surface area (Å²) in [6.45, 7) is 4.23. The minimum Gasteiger partial charge on any atom is -0.345 e. The molecule has 2 heterocycles. The molecule has 1 aliphatic heterocycles. The summed E-state index contributed by atoms with van der Waals surface area (Å²) in [6, 6.07) is 10.2. The summed E-state index contributed by atoms with van der Waals surface area (Å²) >= 11 is 7.59. The number of nitrogens with zero attached hydrogens (tertiary/aromatic N) is 4. The van der Waals surface area contributed by atoms with Gasteiger partial charge in [0.1, 0.15) is 5.56 Å². The first kappa shape index (κ1) is 18.6. The molecule has 1 aromatic heterocycles. The van der Waals surface area contributed by atoms with Crippen LogP contribution in [0, 0.1) is 17.0 Å². The van der Waals surface area contributed by atoms with Crippen LogP contribution in [0.25, 0.3) is 10.2 Å². The Hall–Kier alpha value is -2.71. The predicted molar refractivity (Wildman–Crippen MR) is 111 cm³/mol. The first-order chi connectivity index (χ1) is 13.4. The number of aryl methyl sites for hydroxylation is 1. The van der Waals surface area contributed by atoms with Gasteiger partial charge in [0.05, 0.1) is 15.1 Å². The number of anilines is 1. The molecule has 2 aromatic carbocycles. The molecule has 9 heteroatoms. The van der Waals surface area contributed by atoms with E-state index in [1.54, 1.807) is 16.2 Å². The molecular formula is C19H17ClN4O3S. The lowest BCUT2D eigenvalue weighted by Gasteiger charge is -2.34.